The van der Waals surface area contributed by atoms with Crippen LogP contribution in [0.4, 0.5) is 0 Å². The van der Waals surface area contributed by atoms with Crippen LogP contribution in [0.3, 0.4) is 0 Å². The molecule has 34 heavy (non-hydrogen) atoms. The van der Waals surface area contributed by atoms with E-state index in [-0.39, 0.29) is 33.5 Å². The van der Waals surface area contributed by atoms with Crippen molar-refractivity contribution >= 4 is 40.7 Å². The van der Waals surface area contributed by atoms with Crippen molar-refractivity contribution in [2.24, 2.45) is 0 Å². The topological polar surface area (TPSA) is 88.5 Å². The van der Waals surface area contributed by atoms with Crippen molar-refractivity contribution in [3.8, 4) is 17.2 Å². The average molecular weight is 509 g/mol. The zero-order valence-corrected chi connectivity index (χ0v) is 21.0. The number of hydrogen-bond acceptors (Lipinski definition) is 7. The van der Waals surface area contributed by atoms with Crippen LogP contribution < -0.4 is 14.2 Å². The van der Waals surface area contributed by atoms with E-state index in [9.17, 15) is 14.7 Å². The van der Waals surface area contributed by atoms with Crippen molar-refractivity contribution in [2.75, 3.05) is 48.5 Å². The molecule has 0 spiro atoms. The van der Waals surface area contributed by atoms with E-state index >= 15 is 0 Å². The number of ether oxygens (including phenoxy) is 3. The van der Waals surface area contributed by atoms with Gasteiger partial charge in [0, 0.05) is 18.1 Å². The van der Waals surface area contributed by atoms with Crippen molar-refractivity contribution < 1.29 is 28.9 Å². The second kappa shape index (κ2) is 10.5. The number of nitrogens with zero attached hydrogens (tertiary/aromatic N) is 2. The summed E-state index contributed by atoms with van der Waals surface area (Å²) in [5.41, 5.74) is 0.563. The van der Waals surface area contributed by atoms with E-state index in [4.69, 9.17) is 37.4 Å². The number of Topliss-reactive ketones (excluding diaryl/α,β-unsaturated/α-hetero) is 1. The largest absolute Gasteiger partial charge is 0.507 e. The van der Waals surface area contributed by atoms with Crippen LogP contribution in [0.5, 0.6) is 17.2 Å². The minimum Gasteiger partial charge on any atom is -0.507 e. The molecule has 1 atom stereocenters. The van der Waals surface area contributed by atoms with Gasteiger partial charge in [-0.15, -0.1) is 0 Å². The molecule has 1 N–H and O–H groups in total. The van der Waals surface area contributed by atoms with E-state index in [1.807, 2.05) is 19.0 Å². The number of rotatable bonds is 8. The second-order valence-corrected chi connectivity index (χ2v) is 8.72. The van der Waals surface area contributed by atoms with Crippen LogP contribution in [0.25, 0.3) is 5.76 Å². The SMILES string of the molecule is COc1ccc(C2/C(=C(\O)c3cc(Cl)cc(Cl)c3OC)C(=O)C(=O)N2CCN(C)C)cc1OC. The van der Waals surface area contributed by atoms with Gasteiger partial charge in [0.25, 0.3) is 11.7 Å². The van der Waals surface area contributed by atoms with Gasteiger partial charge in [-0.3, -0.25) is 9.59 Å². The average Bonchev–Trinajstić information content (AvgIpc) is 3.06. The monoisotopic (exact) mass is 508 g/mol. The molecule has 0 saturated carbocycles. The molecule has 182 valence electrons. The molecule has 0 radical (unpaired) electrons. The summed E-state index contributed by atoms with van der Waals surface area (Å²) >= 11 is 12.4. The second-order valence-electron chi connectivity index (χ2n) is 7.88. The molecule has 1 aliphatic rings. The van der Waals surface area contributed by atoms with Crippen molar-refractivity contribution in [2.45, 2.75) is 6.04 Å². The van der Waals surface area contributed by atoms with E-state index in [0.29, 0.717) is 23.6 Å². The number of aliphatic hydroxyl groups is 1. The molecular formula is C24H26Cl2N2O6. The zero-order chi connectivity index (χ0) is 25.2. The van der Waals surface area contributed by atoms with E-state index in [2.05, 4.69) is 0 Å². The van der Waals surface area contributed by atoms with Crippen LogP contribution >= 0.6 is 23.2 Å². The van der Waals surface area contributed by atoms with Gasteiger partial charge in [0.2, 0.25) is 0 Å². The Bertz CT molecular complexity index is 1150. The summed E-state index contributed by atoms with van der Waals surface area (Å²) in [7, 11) is 8.11. The fourth-order valence-electron chi connectivity index (χ4n) is 3.88. The summed E-state index contributed by atoms with van der Waals surface area (Å²) in [5.74, 6) is -0.952. The van der Waals surface area contributed by atoms with Gasteiger partial charge in [-0.05, 0) is 43.9 Å². The Morgan fingerprint density at radius 3 is 2.29 bits per heavy atom. The Hall–Kier alpha value is -2.94. The van der Waals surface area contributed by atoms with E-state index in [0.717, 1.165) is 0 Å². The first-order valence-electron chi connectivity index (χ1n) is 10.3. The van der Waals surface area contributed by atoms with Crippen molar-refractivity contribution in [1.29, 1.82) is 0 Å². The molecule has 1 unspecified atom stereocenters. The smallest absolute Gasteiger partial charge is 0.295 e. The van der Waals surface area contributed by atoms with Crippen LogP contribution in [-0.2, 0) is 9.59 Å². The third-order valence-electron chi connectivity index (χ3n) is 5.52. The molecule has 1 amide bonds. The summed E-state index contributed by atoms with van der Waals surface area (Å²) in [6.07, 6.45) is 0. The van der Waals surface area contributed by atoms with Gasteiger partial charge >= 0.3 is 0 Å². The number of carbonyl (C=O) groups is 2. The molecule has 10 heteroatoms. The maximum Gasteiger partial charge on any atom is 0.295 e. The molecule has 1 saturated heterocycles. The molecule has 0 bridgehead atoms. The van der Waals surface area contributed by atoms with Crippen molar-refractivity contribution in [3.63, 3.8) is 0 Å². The standard InChI is InChI=1S/C24H26Cl2N2O6/c1-27(2)8-9-28-20(13-6-7-17(32-3)18(10-13)33-4)19(22(30)24(28)31)21(29)15-11-14(25)12-16(26)23(15)34-5/h6-7,10-12,20,29H,8-9H2,1-5H3/b21-19+. The molecule has 0 aromatic heterocycles. The fraction of sp³-hybridized carbons (Fsp3) is 0.333. The summed E-state index contributed by atoms with van der Waals surface area (Å²) in [6.45, 7) is 0.754. The highest BCUT2D eigenvalue weighted by Crippen LogP contribution is 2.44. The summed E-state index contributed by atoms with van der Waals surface area (Å²) in [5, 5.41) is 11.7. The fourth-order valence-corrected chi connectivity index (χ4v) is 4.45. The Morgan fingerprint density at radius 2 is 1.71 bits per heavy atom. The van der Waals surface area contributed by atoms with Crippen molar-refractivity contribution in [3.05, 3.63) is 57.1 Å². The number of aliphatic hydroxyl groups excluding tert-OH is 1. The Kier molecular flexibility index (Phi) is 7.97. The summed E-state index contributed by atoms with van der Waals surface area (Å²) in [4.78, 5) is 29.6. The van der Waals surface area contributed by atoms with Crippen LogP contribution in [0.1, 0.15) is 17.2 Å². The molecule has 2 aromatic rings. The van der Waals surface area contributed by atoms with Crippen LogP contribution in [-0.4, -0.2) is 75.1 Å². The predicted molar refractivity (Wildman–Crippen MR) is 130 cm³/mol. The first-order valence-corrected chi connectivity index (χ1v) is 11.1. The number of methoxy groups -OCH3 is 3. The molecule has 0 aliphatic carbocycles. The van der Waals surface area contributed by atoms with Gasteiger partial charge in [0.1, 0.15) is 11.5 Å². The normalized spacial score (nSPS) is 17.4. The van der Waals surface area contributed by atoms with Gasteiger partial charge in [0.15, 0.2) is 11.5 Å². The Labute approximate surface area is 208 Å². The number of halogens is 2. The molecule has 1 heterocycles. The predicted octanol–water partition coefficient (Wildman–Crippen LogP) is 4.00. The molecule has 1 fully saturated rings. The van der Waals surface area contributed by atoms with Crippen LogP contribution in [0, 0.1) is 0 Å². The minimum atomic E-state index is -0.887. The first-order chi connectivity index (χ1) is 16.1. The highest BCUT2D eigenvalue weighted by Gasteiger charge is 2.46. The molecule has 8 nitrogen and oxygen atoms in total. The lowest BCUT2D eigenvalue weighted by Gasteiger charge is -2.27. The Morgan fingerprint density at radius 1 is 1.03 bits per heavy atom. The highest BCUT2D eigenvalue weighted by atomic mass is 35.5. The van der Waals surface area contributed by atoms with E-state index in [1.54, 1.807) is 18.2 Å². The highest BCUT2D eigenvalue weighted by molar-refractivity contribution is 6.46. The summed E-state index contributed by atoms with van der Waals surface area (Å²) in [6, 6.07) is 7.07. The molecule has 1 aliphatic heterocycles. The van der Waals surface area contributed by atoms with Crippen molar-refractivity contribution in [1.82, 2.24) is 9.80 Å². The number of hydrogen-bond donors (Lipinski definition) is 1. The molecule has 3 rings (SSSR count). The van der Waals surface area contributed by atoms with Gasteiger partial charge < -0.3 is 29.1 Å². The third-order valence-corrected chi connectivity index (χ3v) is 6.02. The maximum atomic E-state index is 13.2. The number of ketones is 1. The van der Waals surface area contributed by atoms with Gasteiger partial charge in [-0.25, -0.2) is 0 Å². The lowest BCUT2D eigenvalue weighted by atomic mass is 9.94. The molecular weight excluding hydrogens is 483 g/mol. The van der Waals surface area contributed by atoms with E-state index in [1.165, 1.54) is 38.4 Å². The van der Waals surface area contributed by atoms with Gasteiger partial charge in [-0.1, -0.05) is 29.3 Å². The number of likely N-dealkylation sites (tertiary alicyclic amines) is 1. The van der Waals surface area contributed by atoms with Crippen LogP contribution in [0.15, 0.2) is 35.9 Å². The van der Waals surface area contributed by atoms with Gasteiger partial charge in [-0.2, -0.15) is 0 Å². The minimum absolute atomic E-state index is 0.104. The molecule has 2 aromatic carbocycles. The van der Waals surface area contributed by atoms with Gasteiger partial charge in [0.05, 0.1) is 43.5 Å². The maximum absolute atomic E-state index is 13.2. The number of benzene rings is 2. The summed E-state index contributed by atoms with van der Waals surface area (Å²) < 4.78 is 16.1. The quantitative estimate of drug-likeness (QED) is 0.327. The van der Waals surface area contributed by atoms with Crippen LogP contribution in [0.2, 0.25) is 10.0 Å². The third kappa shape index (κ3) is 4.80. The number of carbonyl (C=O) groups excluding carboxylic acids is 2. The number of amides is 1. The lowest BCUT2D eigenvalue weighted by Crippen LogP contribution is -2.35. The first kappa shape index (κ1) is 25.7. The zero-order valence-electron chi connectivity index (χ0n) is 19.5. The number of likely N-dealkylation sites (N-methyl/N-ethyl adjacent to an activating group) is 1. The lowest BCUT2D eigenvalue weighted by molar-refractivity contribution is -0.140. The Balaban J connectivity index is 2.28. The van der Waals surface area contributed by atoms with E-state index < -0.39 is 23.5 Å².